The molecular weight excluding hydrogens is 435 g/mol. The van der Waals surface area contributed by atoms with Gasteiger partial charge in [-0.1, -0.05) is 17.7 Å². The van der Waals surface area contributed by atoms with Crippen molar-refractivity contribution in [2.75, 3.05) is 10.2 Å². The molecule has 1 aliphatic heterocycles. The van der Waals surface area contributed by atoms with Crippen molar-refractivity contribution in [2.24, 2.45) is 5.14 Å². The summed E-state index contributed by atoms with van der Waals surface area (Å²) < 4.78 is 62.1. The summed E-state index contributed by atoms with van der Waals surface area (Å²) in [5.74, 6) is -1.50. The molecule has 0 radical (unpaired) electrons. The molecule has 12 heteroatoms. The number of rotatable bonds is 4. The number of nitrogens with two attached hydrogens (primary N) is 1. The molecule has 1 unspecified atom stereocenters. The normalized spacial score (nSPS) is 17.7. The van der Waals surface area contributed by atoms with E-state index in [1.54, 1.807) is 0 Å². The van der Waals surface area contributed by atoms with Crippen LogP contribution in [0.3, 0.4) is 0 Å². The van der Waals surface area contributed by atoms with Gasteiger partial charge in [0.15, 0.2) is 0 Å². The minimum atomic E-state index is -4.76. The Morgan fingerprint density at radius 3 is 2.45 bits per heavy atom. The van der Waals surface area contributed by atoms with E-state index in [0.29, 0.717) is 11.0 Å². The van der Waals surface area contributed by atoms with Crippen molar-refractivity contribution < 1.29 is 31.2 Å². The second-order valence-electron chi connectivity index (χ2n) is 6.20. The standard InChI is InChI=1S/C17H13ClF3N3O4S/c18-13-5-4-10(7-12(13)17(19,20)21)24-15(25)8-14(16(24)26)23-9-2-1-3-11(6-9)29(22,27)28/h1-7,14,23H,8H2,(H2,22,27,28). The summed E-state index contributed by atoms with van der Waals surface area (Å²) in [5, 5.41) is 7.20. The van der Waals surface area contributed by atoms with Gasteiger partial charge in [0.1, 0.15) is 6.04 Å². The first-order valence-electron chi connectivity index (χ1n) is 8.01. The number of imide groups is 1. The Hall–Kier alpha value is -2.63. The molecule has 3 rings (SSSR count). The van der Waals surface area contributed by atoms with Gasteiger partial charge in [0.25, 0.3) is 5.91 Å². The minimum absolute atomic E-state index is 0.205. The van der Waals surface area contributed by atoms with Gasteiger partial charge in [-0.2, -0.15) is 13.2 Å². The number of nitrogens with one attached hydrogen (secondary N) is 1. The summed E-state index contributed by atoms with van der Waals surface area (Å²) in [4.78, 5) is 25.4. The van der Waals surface area contributed by atoms with Crippen LogP contribution in [0, 0.1) is 0 Å². The number of alkyl halides is 3. The van der Waals surface area contributed by atoms with E-state index < -0.39 is 44.6 Å². The van der Waals surface area contributed by atoms with E-state index in [9.17, 15) is 31.2 Å². The van der Waals surface area contributed by atoms with Gasteiger partial charge in [-0.25, -0.2) is 18.5 Å². The Bertz CT molecular complexity index is 1110. The van der Waals surface area contributed by atoms with Crippen LogP contribution >= 0.6 is 11.6 Å². The molecule has 2 amide bonds. The van der Waals surface area contributed by atoms with Gasteiger partial charge in [-0.05, 0) is 36.4 Å². The van der Waals surface area contributed by atoms with Crippen LogP contribution in [0.15, 0.2) is 47.4 Å². The largest absolute Gasteiger partial charge is 0.417 e. The lowest BCUT2D eigenvalue weighted by Gasteiger charge is -2.18. The van der Waals surface area contributed by atoms with Gasteiger partial charge < -0.3 is 5.32 Å². The molecule has 1 saturated heterocycles. The molecule has 1 atom stereocenters. The highest BCUT2D eigenvalue weighted by atomic mass is 35.5. The van der Waals surface area contributed by atoms with Crippen molar-refractivity contribution in [3.05, 3.63) is 53.1 Å². The van der Waals surface area contributed by atoms with Crippen LogP contribution in [0.4, 0.5) is 24.5 Å². The Morgan fingerprint density at radius 1 is 1.14 bits per heavy atom. The zero-order valence-electron chi connectivity index (χ0n) is 14.4. The molecule has 0 bridgehead atoms. The van der Waals surface area contributed by atoms with Crippen molar-refractivity contribution in [2.45, 2.75) is 23.5 Å². The number of nitrogens with zero attached hydrogens (tertiary/aromatic N) is 1. The molecular formula is C17H13ClF3N3O4S. The van der Waals surface area contributed by atoms with E-state index in [2.05, 4.69) is 5.32 Å². The Balaban J connectivity index is 1.88. The number of sulfonamides is 1. The zero-order chi connectivity index (χ0) is 21.6. The van der Waals surface area contributed by atoms with Crippen LogP contribution in [0.25, 0.3) is 0 Å². The Kier molecular flexibility index (Phi) is 5.32. The number of primary sulfonamides is 1. The number of halogens is 4. The highest BCUT2D eigenvalue weighted by molar-refractivity contribution is 7.89. The first kappa shape index (κ1) is 21.1. The molecule has 2 aromatic carbocycles. The lowest BCUT2D eigenvalue weighted by atomic mass is 10.1. The van der Waals surface area contributed by atoms with Crippen LogP contribution in [-0.4, -0.2) is 26.3 Å². The summed E-state index contributed by atoms with van der Waals surface area (Å²) in [6.07, 6.45) is -5.09. The van der Waals surface area contributed by atoms with Crippen molar-refractivity contribution in [1.29, 1.82) is 0 Å². The average Bonchev–Trinajstić information content (AvgIpc) is 2.88. The third kappa shape index (κ3) is 4.36. The van der Waals surface area contributed by atoms with Crippen LogP contribution in [-0.2, 0) is 25.8 Å². The summed E-state index contributed by atoms with van der Waals surface area (Å²) in [5.41, 5.74) is -1.23. The number of amides is 2. The second-order valence-corrected chi connectivity index (χ2v) is 8.17. The number of hydrogen-bond acceptors (Lipinski definition) is 5. The lowest BCUT2D eigenvalue weighted by Crippen LogP contribution is -2.35. The number of hydrogen-bond donors (Lipinski definition) is 2. The van der Waals surface area contributed by atoms with E-state index in [1.807, 2.05) is 0 Å². The SMILES string of the molecule is NS(=O)(=O)c1cccc(NC2CC(=O)N(c3ccc(Cl)c(C(F)(F)F)c3)C2=O)c1. The monoisotopic (exact) mass is 447 g/mol. The molecule has 1 heterocycles. The predicted molar refractivity (Wildman–Crippen MR) is 98.8 cm³/mol. The highest BCUT2D eigenvalue weighted by Gasteiger charge is 2.41. The van der Waals surface area contributed by atoms with E-state index >= 15 is 0 Å². The molecule has 7 nitrogen and oxygen atoms in total. The summed E-state index contributed by atoms with van der Waals surface area (Å²) in [6.45, 7) is 0. The second kappa shape index (κ2) is 7.32. The zero-order valence-corrected chi connectivity index (χ0v) is 16.0. The topological polar surface area (TPSA) is 110 Å². The van der Waals surface area contributed by atoms with Crippen molar-refractivity contribution in [1.82, 2.24) is 0 Å². The fourth-order valence-corrected chi connectivity index (χ4v) is 3.63. The molecule has 2 aromatic rings. The van der Waals surface area contributed by atoms with Gasteiger partial charge in [0.05, 0.1) is 27.6 Å². The van der Waals surface area contributed by atoms with Gasteiger partial charge in [-0.15, -0.1) is 0 Å². The first-order chi connectivity index (χ1) is 13.4. The van der Waals surface area contributed by atoms with Gasteiger partial charge in [0.2, 0.25) is 15.9 Å². The molecule has 0 spiro atoms. The molecule has 29 heavy (non-hydrogen) atoms. The summed E-state index contributed by atoms with van der Waals surface area (Å²) in [7, 11) is -3.98. The molecule has 1 fully saturated rings. The van der Waals surface area contributed by atoms with Crippen LogP contribution < -0.4 is 15.4 Å². The van der Waals surface area contributed by atoms with Gasteiger partial charge >= 0.3 is 6.18 Å². The van der Waals surface area contributed by atoms with E-state index in [0.717, 1.165) is 12.1 Å². The number of carbonyl (C=O) groups is 2. The van der Waals surface area contributed by atoms with Crippen LogP contribution in [0.1, 0.15) is 12.0 Å². The third-order valence-electron chi connectivity index (χ3n) is 4.16. The molecule has 154 valence electrons. The third-order valence-corrected chi connectivity index (χ3v) is 5.40. The van der Waals surface area contributed by atoms with Gasteiger partial charge in [0, 0.05) is 5.69 Å². The van der Waals surface area contributed by atoms with Crippen LogP contribution in [0.2, 0.25) is 5.02 Å². The maximum absolute atomic E-state index is 13.1. The quantitative estimate of drug-likeness (QED) is 0.700. The Morgan fingerprint density at radius 2 is 1.83 bits per heavy atom. The van der Waals surface area contributed by atoms with Gasteiger partial charge in [-0.3, -0.25) is 9.59 Å². The predicted octanol–water partition coefficient (Wildman–Crippen LogP) is 2.75. The van der Waals surface area contributed by atoms with Crippen molar-refractivity contribution >= 4 is 44.8 Å². The van der Waals surface area contributed by atoms with Crippen molar-refractivity contribution in [3.8, 4) is 0 Å². The summed E-state index contributed by atoms with van der Waals surface area (Å²) >= 11 is 5.57. The number of anilines is 2. The van der Waals surface area contributed by atoms with E-state index in [4.69, 9.17) is 16.7 Å². The maximum Gasteiger partial charge on any atom is 0.417 e. The molecule has 0 aromatic heterocycles. The smallest absolute Gasteiger partial charge is 0.373 e. The van der Waals surface area contributed by atoms with Crippen molar-refractivity contribution in [3.63, 3.8) is 0 Å². The molecule has 0 aliphatic carbocycles. The van der Waals surface area contributed by atoms with E-state index in [-0.39, 0.29) is 22.7 Å². The molecule has 1 aliphatic rings. The van der Waals surface area contributed by atoms with E-state index in [1.165, 1.54) is 24.3 Å². The molecule has 0 saturated carbocycles. The fourth-order valence-electron chi connectivity index (χ4n) is 2.85. The number of benzene rings is 2. The fraction of sp³-hybridized carbons (Fsp3) is 0.176. The molecule has 3 N–H and O–H groups in total. The Labute approximate surface area is 168 Å². The summed E-state index contributed by atoms with van der Waals surface area (Å²) in [6, 6.07) is 6.90. The minimum Gasteiger partial charge on any atom is -0.373 e. The highest BCUT2D eigenvalue weighted by Crippen LogP contribution is 2.38. The van der Waals surface area contributed by atoms with Crippen LogP contribution in [0.5, 0.6) is 0 Å². The maximum atomic E-state index is 13.1. The lowest BCUT2D eigenvalue weighted by molar-refractivity contribution is -0.137. The average molecular weight is 448 g/mol. The first-order valence-corrected chi connectivity index (χ1v) is 9.93. The number of carbonyl (C=O) groups excluding carboxylic acids is 2.